The Morgan fingerprint density at radius 3 is 2.35 bits per heavy atom. The van der Waals surface area contributed by atoms with Gasteiger partial charge in [-0.1, -0.05) is 53.6 Å². The molecule has 0 atom stereocenters. The number of anilines is 2. The van der Waals surface area contributed by atoms with Crippen LogP contribution in [0.5, 0.6) is 0 Å². The van der Waals surface area contributed by atoms with E-state index in [2.05, 4.69) is 28.9 Å². The third kappa shape index (κ3) is 4.80. The number of carbonyl (C=O) groups is 1. The number of aryl methyl sites for hydroxylation is 2. The van der Waals surface area contributed by atoms with Gasteiger partial charge in [0.05, 0.1) is 10.6 Å². The van der Waals surface area contributed by atoms with E-state index in [4.69, 9.17) is 11.6 Å². The number of aromatic nitrogens is 1. The summed E-state index contributed by atoms with van der Waals surface area (Å²) in [6, 6.07) is 26.9. The van der Waals surface area contributed by atoms with Crippen molar-refractivity contribution in [1.29, 1.82) is 0 Å². The SMILES string of the molecule is CCn1c2ccccc2c2cc(NC(=O)CN(c3cccc(Cl)c3)S(=O)(=O)c3ccc(C)cc3)ccc21. The standard InChI is InChI=1S/C29H26ClN3O3S/c1-3-32-27-10-5-4-9-25(27)26-18-22(13-16-28(26)32)31-29(34)19-33(23-8-6-7-21(30)17-23)37(35,36)24-14-11-20(2)12-15-24/h4-18H,3,19H2,1-2H3,(H,31,34). The summed E-state index contributed by atoms with van der Waals surface area (Å²) in [6.45, 7) is 4.39. The first-order valence-electron chi connectivity index (χ1n) is 11.9. The van der Waals surface area contributed by atoms with Crippen molar-refractivity contribution in [3.8, 4) is 0 Å². The molecule has 1 amide bonds. The van der Waals surface area contributed by atoms with Crippen LogP contribution in [0.15, 0.2) is 95.9 Å². The van der Waals surface area contributed by atoms with E-state index in [9.17, 15) is 13.2 Å². The minimum atomic E-state index is -4.03. The molecule has 0 spiro atoms. The smallest absolute Gasteiger partial charge is 0.264 e. The van der Waals surface area contributed by atoms with E-state index in [1.807, 2.05) is 37.3 Å². The predicted octanol–water partition coefficient (Wildman–Crippen LogP) is 6.61. The van der Waals surface area contributed by atoms with Gasteiger partial charge in [-0.05, 0) is 68.4 Å². The zero-order chi connectivity index (χ0) is 26.2. The minimum absolute atomic E-state index is 0.0969. The van der Waals surface area contributed by atoms with E-state index in [0.717, 1.165) is 38.2 Å². The molecule has 0 aliphatic rings. The number of carbonyl (C=O) groups excluding carboxylic acids is 1. The van der Waals surface area contributed by atoms with E-state index in [1.54, 1.807) is 30.3 Å². The highest BCUT2D eigenvalue weighted by molar-refractivity contribution is 7.92. The summed E-state index contributed by atoms with van der Waals surface area (Å²) in [5.41, 5.74) is 4.04. The molecule has 6 nitrogen and oxygen atoms in total. The van der Waals surface area contributed by atoms with Crippen molar-refractivity contribution in [2.24, 2.45) is 0 Å². The van der Waals surface area contributed by atoms with E-state index in [-0.39, 0.29) is 4.90 Å². The summed E-state index contributed by atoms with van der Waals surface area (Å²) in [7, 11) is -4.03. The summed E-state index contributed by atoms with van der Waals surface area (Å²) >= 11 is 6.17. The lowest BCUT2D eigenvalue weighted by molar-refractivity contribution is -0.114. The van der Waals surface area contributed by atoms with Gasteiger partial charge in [0.15, 0.2) is 0 Å². The number of nitrogens with one attached hydrogen (secondary N) is 1. The van der Waals surface area contributed by atoms with Crippen molar-refractivity contribution < 1.29 is 13.2 Å². The summed E-state index contributed by atoms with van der Waals surface area (Å²) in [6.07, 6.45) is 0. The Hall–Kier alpha value is -3.81. The lowest BCUT2D eigenvalue weighted by Gasteiger charge is -2.24. The normalized spacial score (nSPS) is 11.6. The van der Waals surface area contributed by atoms with Gasteiger partial charge in [0, 0.05) is 39.1 Å². The first-order chi connectivity index (χ1) is 17.8. The van der Waals surface area contributed by atoms with Crippen LogP contribution in [0, 0.1) is 6.92 Å². The molecule has 5 rings (SSSR count). The van der Waals surface area contributed by atoms with Crippen molar-refractivity contribution in [2.75, 3.05) is 16.2 Å². The monoisotopic (exact) mass is 531 g/mol. The Bertz CT molecular complexity index is 1730. The molecular formula is C29H26ClN3O3S. The van der Waals surface area contributed by atoms with Crippen molar-refractivity contribution >= 4 is 60.7 Å². The van der Waals surface area contributed by atoms with Crippen LogP contribution in [-0.4, -0.2) is 25.4 Å². The topological polar surface area (TPSA) is 71.4 Å². The molecular weight excluding hydrogens is 506 g/mol. The van der Waals surface area contributed by atoms with Gasteiger partial charge >= 0.3 is 0 Å². The molecule has 5 aromatic rings. The fraction of sp³-hybridized carbons (Fsp3) is 0.138. The van der Waals surface area contributed by atoms with Crippen molar-refractivity contribution in [3.63, 3.8) is 0 Å². The summed E-state index contributed by atoms with van der Waals surface area (Å²) in [4.78, 5) is 13.3. The van der Waals surface area contributed by atoms with Gasteiger partial charge < -0.3 is 9.88 Å². The van der Waals surface area contributed by atoms with E-state index in [0.29, 0.717) is 16.4 Å². The molecule has 37 heavy (non-hydrogen) atoms. The Morgan fingerprint density at radius 2 is 1.62 bits per heavy atom. The largest absolute Gasteiger partial charge is 0.341 e. The second-order valence-corrected chi connectivity index (χ2v) is 11.1. The number of hydrogen-bond donors (Lipinski definition) is 1. The fourth-order valence-electron chi connectivity index (χ4n) is 4.59. The predicted molar refractivity (Wildman–Crippen MR) is 151 cm³/mol. The van der Waals surface area contributed by atoms with Gasteiger partial charge in [-0.15, -0.1) is 0 Å². The number of hydrogen-bond acceptors (Lipinski definition) is 3. The van der Waals surface area contributed by atoms with Crippen LogP contribution in [-0.2, 0) is 21.4 Å². The molecule has 0 radical (unpaired) electrons. The van der Waals surface area contributed by atoms with Gasteiger partial charge in [-0.25, -0.2) is 8.42 Å². The zero-order valence-corrected chi connectivity index (χ0v) is 22.1. The molecule has 0 aliphatic carbocycles. The summed E-state index contributed by atoms with van der Waals surface area (Å²) < 4.78 is 30.5. The molecule has 0 saturated heterocycles. The van der Waals surface area contributed by atoms with Crippen LogP contribution in [0.25, 0.3) is 21.8 Å². The zero-order valence-electron chi connectivity index (χ0n) is 20.5. The maximum absolute atomic E-state index is 13.6. The number of sulfonamides is 1. The molecule has 1 heterocycles. The number of rotatable bonds is 7. The first-order valence-corrected chi connectivity index (χ1v) is 13.8. The van der Waals surface area contributed by atoms with Crippen LogP contribution in [0.3, 0.4) is 0 Å². The number of benzene rings is 4. The summed E-state index contributed by atoms with van der Waals surface area (Å²) in [5, 5.41) is 5.38. The molecule has 0 saturated carbocycles. The Balaban J connectivity index is 1.48. The highest BCUT2D eigenvalue weighted by Crippen LogP contribution is 2.31. The molecule has 0 fully saturated rings. The molecule has 4 aromatic carbocycles. The van der Waals surface area contributed by atoms with Gasteiger partial charge in [0.25, 0.3) is 10.0 Å². The molecule has 8 heteroatoms. The van der Waals surface area contributed by atoms with Crippen LogP contribution in [0.1, 0.15) is 12.5 Å². The molecule has 188 valence electrons. The average Bonchev–Trinajstić information content (AvgIpc) is 3.20. The third-order valence-electron chi connectivity index (χ3n) is 6.36. The number of fused-ring (bicyclic) bond motifs is 3. The van der Waals surface area contributed by atoms with Crippen LogP contribution in [0.4, 0.5) is 11.4 Å². The maximum Gasteiger partial charge on any atom is 0.264 e. The highest BCUT2D eigenvalue weighted by atomic mass is 35.5. The van der Waals surface area contributed by atoms with Crippen LogP contribution >= 0.6 is 11.6 Å². The van der Waals surface area contributed by atoms with Gasteiger partial charge in [0.1, 0.15) is 6.54 Å². The van der Waals surface area contributed by atoms with Crippen molar-refractivity contribution in [1.82, 2.24) is 4.57 Å². The van der Waals surface area contributed by atoms with Crippen LogP contribution < -0.4 is 9.62 Å². The number of amides is 1. The molecule has 1 N–H and O–H groups in total. The molecule has 1 aromatic heterocycles. The molecule has 0 aliphatic heterocycles. The quantitative estimate of drug-likeness (QED) is 0.257. The summed E-state index contributed by atoms with van der Waals surface area (Å²) in [5.74, 6) is -0.464. The number of halogens is 1. The highest BCUT2D eigenvalue weighted by Gasteiger charge is 2.27. The Labute approximate surface area is 221 Å². The minimum Gasteiger partial charge on any atom is -0.341 e. The van der Waals surface area contributed by atoms with E-state index in [1.165, 1.54) is 18.2 Å². The third-order valence-corrected chi connectivity index (χ3v) is 8.39. The number of nitrogens with zero attached hydrogens (tertiary/aromatic N) is 2. The second kappa shape index (κ2) is 9.92. The molecule has 0 bridgehead atoms. The Kier molecular flexibility index (Phi) is 6.67. The Morgan fingerprint density at radius 1 is 0.892 bits per heavy atom. The van der Waals surface area contributed by atoms with Crippen LogP contribution in [0.2, 0.25) is 5.02 Å². The van der Waals surface area contributed by atoms with Gasteiger partial charge in [-0.2, -0.15) is 0 Å². The second-order valence-electron chi connectivity index (χ2n) is 8.85. The average molecular weight is 532 g/mol. The lowest BCUT2D eigenvalue weighted by Crippen LogP contribution is -2.38. The van der Waals surface area contributed by atoms with E-state index < -0.39 is 22.5 Å². The van der Waals surface area contributed by atoms with E-state index >= 15 is 0 Å². The van der Waals surface area contributed by atoms with Gasteiger partial charge in [0.2, 0.25) is 5.91 Å². The molecule has 0 unspecified atom stereocenters. The fourth-order valence-corrected chi connectivity index (χ4v) is 6.18. The van der Waals surface area contributed by atoms with Crippen molar-refractivity contribution in [3.05, 3.63) is 102 Å². The van der Waals surface area contributed by atoms with Gasteiger partial charge in [-0.3, -0.25) is 9.10 Å². The first kappa shape index (κ1) is 24.9. The lowest BCUT2D eigenvalue weighted by atomic mass is 10.1. The van der Waals surface area contributed by atoms with Crippen molar-refractivity contribution in [2.45, 2.75) is 25.3 Å². The number of para-hydroxylation sites is 1. The maximum atomic E-state index is 13.6.